The van der Waals surface area contributed by atoms with Crippen molar-refractivity contribution < 1.29 is 28.7 Å². The Kier molecular flexibility index (Phi) is 5.05. The van der Waals surface area contributed by atoms with Gasteiger partial charge in [-0.1, -0.05) is 0 Å². The van der Waals surface area contributed by atoms with Crippen molar-refractivity contribution >= 4 is 35.3 Å². The molecule has 3 fully saturated rings. The minimum Gasteiger partial charge on any atom is -0.456 e. The van der Waals surface area contributed by atoms with Crippen molar-refractivity contribution in [1.82, 2.24) is 10.2 Å². The van der Waals surface area contributed by atoms with Crippen molar-refractivity contribution in [3.05, 3.63) is 29.8 Å². The van der Waals surface area contributed by atoms with Crippen molar-refractivity contribution in [2.45, 2.75) is 38.1 Å². The first-order valence-corrected chi connectivity index (χ1v) is 10.0. The fourth-order valence-electron chi connectivity index (χ4n) is 3.95. The number of ketones is 1. The summed E-state index contributed by atoms with van der Waals surface area (Å²) in [6.45, 7) is 1.30. The molecule has 0 spiro atoms. The van der Waals surface area contributed by atoms with Gasteiger partial charge < -0.3 is 15.0 Å². The van der Waals surface area contributed by atoms with Crippen LogP contribution < -0.4 is 10.2 Å². The molecule has 1 aliphatic carbocycles. The smallest absolute Gasteiger partial charge is 0.326 e. The van der Waals surface area contributed by atoms with Crippen LogP contribution in [0.2, 0.25) is 0 Å². The third-order valence-corrected chi connectivity index (χ3v) is 5.92. The number of hydrogen-bond acceptors (Lipinski definition) is 6. The van der Waals surface area contributed by atoms with Gasteiger partial charge in [-0.15, -0.1) is 0 Å². The normalized spacial score (nSPS) is 23.7. The van der Waals surface area contributed by atoms with Crippen molar-refractivity contribution in [3.8, 4) is 0 Å². The molecule has 2 saturated heterocycles. The van der Waals surface area contributed by atoms with Crippen molar-refractivity contribution in [2.75, 3.05) is 24.6 Å². The highest BCUT2D eigenvalue weighted by molar-refractivity contribution is 6.09. The minimum absolute atomic E-state index is 0.0567. The first-order valence-electron chi connectivity index (χ1n) is 10.0. The molecule has 3 aliphatic rings. The predicted molar refractivity (Wildman–Crippen MR) is 105 cm³/mol. The van der Waals surface area contributed by atoms with Gasteiger partial charge in [0.15, 0.2) is 12.4 Å². The number of nitrogens with one attached hydrogen (secondary N) is 1. The molecule has 1 atom stereocenters. The van der Waals surface area contributed by atoms with Gasteiger partial charge in [-0.25, -0.2) is 4.79 Å². The molecule has 4 amide bonds. The molecule has 1 aromatic carbocycles. The van der Waals surface area contributed by atoms with Crippen LogP contribution in [0.15, 0.2) is 24.3 Å². The summed E-state index contributed by atoms with van der Waals surface area (Å²) >= 11 is 0. The summed E-state index contributed by atoms with van der Waals surface area (Å²) in [7, 11) is 0. The first-order chi connectivity index (χ1) is 14.3. The zero-order valence-electron chi connectivity index (χ0n) is 16.7. The number of carbonyl (C=O) groups excluding carboxylic acids is 5. The highest BCUT2D eigenvalue weighted by Crippen LogP contribution is 2.42. The number of esters is 1. The Balaban J connectivity index is 1.29. The molecule has 30 heavy (non-hydrogen) atoms. The second-order valence-electron chi connectivity index (χ2n) is 8.08. The summed E-state index contributed by atoms with van der Waals surface area (Å²) in [5.41, 5.74) is 0.101. The van der Waals surface area contributed by atoms with E-state index in [9.17, 15) is 24.0 Å². The fourth-order valence-corrected chi connectivity index (χ4v) is 3.95. The zero-order chi connectivity index (χ0) is 21.5. The van der Waals surface area contributed by atoms with Gasteiger partial charge in [-0.3, -0.25) is 24.1 Å². The summed E-state index contributed by atoms with van der Waals surface area (Å²) in [5.74, 6) is -1.53. The molecule has 9 nitrogen and oxygen atoms in total. The lowest BCUT2D eigenvalue weighted by Crippen LogP contribution is -2.46. The fraction of sp³-hybridized carbons (Fsp3) is 0.476. The van der Waals surface area contributed by atoms with Crippen LogP contribution in [-0.4, -0.2) is 59.7 Å². The van der Waals surface area contributed by atoms with Crippen LogP contribution in [0, 0.1) is 5.92 Å². The van der Waals surface area contributed by atoms with Crippen molar-refractivity contribution in [3.63, 3.8) is 0 Å². The Hall–Kier alpha value is -3.23. The SMILES string of the molecule is C[C@]1(C2CC2)NC(=O)N(CC(=O)OCC(=O)c2ccc(N3CCCC3=O)cc2)C1=O. The number of carbonyl (C=O) groups is 5. The van der Waals surface area contributed by atoms with Gasteiger partial charge in [0.05, 0.1) is 0 Å². The third-order valence-electron chi connectivity index (χ3n) is 5.92. The molecular formula is C21H23N3O6. The lowest BCUT2D eigenvalue weighted by atomic mass is 9.96. The maximum atomic E-state index is 12.5. The van der Waals surface area contributed by atoms with E-state index in [1.54, 1.807) is 36.1 Å². The van der Waals surface area contributed by atoms with Crippen LogP contribution in [0.1, 0.15) is 43.0 Å². The highest BCUT2D eigenvalue weighted by Gasteiger charge is 2.56. The van der Waals surface area contributed by atoms with Gasteiger partial charge in [-0.2, -0.15) is 0 Å². The number of Topliss-reactive ketones (excluding diaryl/α,β-unsaturated/α-hetero) is 1. The Labute approximate surface area is 173 Å². The van der Waals surface area contributed by atoms with Crippen LogP contribution in [0.25, 0.3) is 0 Å². The van der Waals surface area contributed by atoms with Gasteiger partial charge in [0, 0.05) is 24.2 Å². The number of rotatable bonds is 7. The van der Waals surface area contributed by atoms with E-state index in [0.29, 0.717) is 18.5 Å². The molecular weight excluding hydrogens is 390 g/mol. The van der Waals surface area contributed by atoms with E-state index in [4.69, 9.17) is 4.74 Å². The van der Waals surface area contributed by atoms with Crippen LogP contribution in [-0.2, 0) is 19.1 Å². The molecule has 158 valence electrons. The Morgan fingerprint density at radius 2 is 1.87 bits per heavy atom. The Bertz CT molecular complexity index is 923. The van der Waals surface area contributed by atoms with E-state index in [1.165, 1.54) is 0 Å². The van der Waals surface area contributed by atoms with Crippen molar-refractivity contribution in [2.24, 2.45) is 5.92 Å². The Morgan fingerprint density at radius 3 is 2.47 bits per heavy atom. The molecule has 0 radical (unpaired) electrons. The maximum Gasteiger partial charge on any atom is 0.326 e. The van der Waals surface area contributed by atoms with Crippen LogP contribution in [0.3, 0.4) is 0 Å². The molecule has 0 bridgehead atoms. The molecule has 2 aliphatic heterocycles. The molecule has 2 heterocycles. The number of anilines is 1. The topological polar surface area (TPSA) is 113 Å². The maximum absolute atomic E-state index is 12.5. The standard InChI is InChI=1S/C21H23N3O6/c1-21(14-6-7-14)19(28)24(20(29)22-21)11-18(27)30-12-16(25)13-4-8-15(9-5-13)23-10-2-3-17(23)26/h4-5,8-9,14H,2-3,6-7,10-12H2,1H3,(H,22,29)/t21-/m1/s1. The third kappa shape index (κ3) is 3.67. The lowest BCUT2D eigenvalue weighted by Gasteiger charge is -2.20. The first kappa shape index (κ1) is 20.1. The number of nitrogens with zero attached hydrogens (tertiary/aromatic N) is 2. The molecule has 1 aromatic rings. The molecule has 0 aromatic heterocycles. The minimum atomic E-state index is -0.967. The second-order valence-corrected chi connectivity index (χ2v) is 8.08. The summed E-state index contributed by atoms with van der Waals surface area (Å²) in [6, 6.07) is 5.91. The average Bonchev–Trinajstić information content (AvgIpc) is 3.47. The van der Waals surface area contributed by atoms with E-state index in [-0.39, 0.29) is 11.8 Å². The molecule has 1 saturated carbocycles. The summed E-state index contributed by atoms with van der Waals surface area (Å²) in [4.78, 5) is 63.3. The number of imide groups is 1. The number of ether oxygens (including phenoxy) is 1. The lowest BCUT2D eigenvalue weighted by molar-refractivity contribution is -0.146. The average molecular weight is 413 g/mol. The van der Waals surface area contributed by atoms with E-state index in [2.05, 4.69) is 5.32 Å². The summed E-state index contributed by atoms with van der Waals surface area (Å²) in [6.07, 6.45) is 3.06. The second kappa shape index (κ2) is 7.55. The van der Waals surface area contributed by atoms with E-state index in [0.717, 1.165) is 29.8 Å². The van der Waals surface area contributed by atoms with Crippen LogP contribution in [0.5, 0.6) is 0 Å². The molecule has 1 N–H and O–H groups in total. The number of urea groups is 1. The number of amides is 4. The van der Waals surface area contributed by atoms with Crippen LogP contribution >= 0.6 is 0 Å². The summed E-state index contributed by atoms with van der Waals surface area (Å²) in [5, 5.41) is 2.65. The quantitative estimate of drug-likeness (QED) is 0.409. The van der Waals surface area contributed by atoms with Gasteiger partial charge in [-0.05, 0) is 56.4 Å². The van der Waals surface area contributed by atoms with Gasteiger partial charge in [0.2, 0.25) is 5.91 Å². The van der Waals surface area contributed by atoms with E-state index in [1.807, 2.05) is 0 Å². The van der Waals surface area contributed by atoms with Gasteiger partial charge >= 0.3 is 12.0 Å². The summed E-state index contributed by atoms with van der Waals surface area (Å²) < 4.78 is 4.98. The highest BCUT2D eigenvalue weighted by atomic mass is 16.5. The largest absolute Gasteiger partial charge is 0.456 e. The monoisotopic (exact) mass is 413 g/mol. The van der Waals surface area contributed by atoms with E-state index >= 15 is 0 Å². The zero-order valence-corrected chi connectivity index (χ0v) is 16.7. The molecule has 9 heteroatoms. The van der Waals surface area contributed by atoms with Gasteiger partial charge in [0.1, 0.15) is 12.1 Å². The van der Waals surface area contributed by atoms with Gasteiger partial charge in [0.25, 0.3) is 5.91 Å². The predicted octanol–water partition coefficient (Wildman–Crippen LogP) is 1.26. The van der Waals surface area contributed by atoms with E-state index < -0.39 is 42.4 Å². The molecule has 4 rings (SSSR count). The van der Waals surface area contributed by atoms with Crippen molar-refractivity contribution in [1.29, 1.82) is 0 Å². The van der Waals surface area contributed by atoms with Crippen LogP contribution in [0.4, 0.5) is 10.5 Å². The number of benzene rings is 1. The Morgan fingerprint density at radius 1 is 1.17 bits per heavy atom. The number of hydrogen-bond donors (Lipinski definition) is 1. The molecule has 0 unspecified atom stereocenters.